The lowest BCUT2D eigenvalue weighted by molar-refractivity contribution is -0.139. The molecule has 1 atom stereocenters. The number of aromatic nitrogens is 1. The highest BCUT2D eigenvalue weighted by Gasteiger charge is 2.43. The fourth-order valence-electron chi connectivity index (χ4n) is 4.98. The van der Waals surface area contributed by atoms with Crippen LogP contribution < -0.4 is 5.32 Å². The smallest absolute Gasteiger partial charge is 0.317 e. The highest BCUT2D eigenvalue weighted by Crippen LogP contribution is 2.39. The molecule has 3 aliphatic rings. The van der Waals surface area contributed by atoms with E-state index in [0.717, 1.165) is 57.4 Å². The van der Waals surface area contributed by atoms with Gasteiger partial charge in [0, 0.05) is 43.7 Å². The van der Waals surface area contributed by atoms with Gasteiger partial charge in [0.15, 0.2) is 0 Å². The first-order chi connectivity index (χ1) is 13.1. The molecule has 0 aromatic carbocycles. The summed E-state index contributed by atoms with van der Waals surface area (Å²) >= 11 is 0. The largest absolute Gasteiger partial charge is 0.336 e. The van der Waals surface area contributed by atoms with Gasteiger partial charge < -0.3 is 15.1 Å². The molecule has 3 amide bonds. The van der Waals surface area contributed by atoms with Gasteiger partial charge in [0.05, 0.1) is 12.2 Å². The summed E-state index contributed by atoms with van der Waals surface area (Å²) in [7, 11) is 0. The molecule has 3 fully saturated rings. The van der Waals surface area contributed by atoms with Crippen molar-refractivity contribution in [2.24, 2.45) is 5.41 Å². The Morgan fingerprint density at radius 3 is 2.81 bits per heavy atom. The second kappa shape index (κ2) is 7.87. The molecule has 2 saturated heterocycles. The Hall–Kier alpha value is -2.11. The number of hydrogen-bond donors (Lipinski definition) is 1. The van der Waals surface area contributed by atoms with Crippen molar-refractivity contribution in [1.29, 1.82) is 0 Å². The number of amides is 3. The maximum atomic E-state index is 12.7. The minimum absolute atomic E-state index is 0.0357. The van der Waals surface area contributed by atoms with Crippen LogP contribution in [0.15, 0.2) is 24.4 Å². The predicted octanol–water partition coefficient (Wildman–Crippen LogP) is 2.94. The molecule has 146 valence electrons. The lowest BCUT2D eigenvalue weighted by atomic mass is 9.73. The standard InChI is InChI=1S/C21H30N4O2/c26-19-9-11-21(16-25(19)14-18-8-3-4-12-22-18)10-5-13-24(15-21)20(27)23-17-6-1-2-7-17/h3-4,8,12,17H,1-2,5-7,9-11,13-16H2,(H,23,27)/t21-/m1/s1. The molecule has 1 aromatic heterocycles. The molecule has 2 aliphatic heterocycles. The molecule has 1 aliphatic carbocycles. The van der Waals surface area contributed by atoms with Crippen molar-refractivity contribution in [3.8, 4) is 0 Å². The Kier molecular flexibility index (Phi) is 5.32. The van der Waals surface area contributed by atoms with E-state index in [-0.39, 0.29) is 17.4 Å². The van der Waals surface area contributed by atoms with Crippen LogP contribution in [0.2, 0.25) is 0 Å². The average Bonchev–Trinajstić information content (AvgIpc) is 3.19. The summed E-state index contributed by atoms with van der Waals surface area (Å²) in [4.78, 5) is 33.5. The number of pyridine rings is 1. The molecular formula is C21H30N4O2. The van der Waals surface area contributed by atoms with E-state index in [4.69, 9.17) is 0 Å². The third kappa shape index (κ3) is 4.25. The first kappa shape index (κ1) is 18.3. The molecule has 1 spiro atoms. The van der Waals surface area contributed by atoms with Crippen LogP contribution in [0.25, 0.3) is 0 Å². The predicted molar refractivity (Wildman–Crippen MR) is 103 cm³/mol. The summed E-state index contributed by atoms with van der Waals surface area (Å²) in [6.07, 6.45) is 10.0. The van der Waals surface area contributed by atoms with Gasteiger partial charge in [0.1, 0.15) is 0 Å². The Morgan fingerprint density at radius 2 is 2.04 bits per heavy atom. The van der Waals surface area contributed by atoms with Crippen LogP contribution in [0.4, 0.5) is 4.79 Å². The zero-order valence-corrected chi connectivity index (χ0v) is 16.0. The summed E-state index contributed by atoms with van der Waals surface area (Å²) in [5.41, 5.74) is 0.961. The van der Waals surface area contributed by atoms with Gasteiger partial charge in [-0.3, -0.25) is 9.78 Å². The molecule has 0 unspecified atom stereocenters. The van der Waals surface area contributed by atoms with Gasteiger partial charge in [-0.05, 0) is 44.2 Å². The summed E-state index contributed by atoms with van der Waals surface area (Å²) < 4.78 is 0. The first-order valence-corrected chi connectivity index (χ1v) is 10.4. The van der Waals surface area contributed by atoms with Gasteiger partial charge in [-0.15, -0.1) is 0 Å². The van der Waals surface area contributed by atoms with Crippen LogP contribution in [0, 0.1) is 5.41 Å². The zero-order valence-electron chi connectivity index (χ0n) is 16.0. The molecule has 1 N–H and O–H groups in total. The van der Waals surface area contributed by atoms with Gasteiger partial charge >= 0.3 is 6.03 Å². The van der Waals surface area contributed by atoms with Crippen LogP contribution in [0.1, 0.15) is 57.1 Å². The van der Waals surface area contributed by atoms with Crippen molar-refractivity contribution in [1.82, 2.24) is 20.1 Å². The molecule has 1 aromatic rings. The van der Waals surface area contributed by atoms with E-state index in [1.807, 2.05) is 28.0 Å². The van der Waals surface area contributed by atoms with Crippen molar-refractivity contribution in [2.45, 2.75) is 64.0 Å². The third-order valence-electron chi connectivity index (χ3n) is 6.46. The molecule has 6 heteroatoms. The maximum Gasteiger partial charge on any atom is 0.317 e. The van der Waals surface area contributed by atoms with E-state index < -0.39 is 0 Å². The maximum absolute atomic E-state index is 12.7. The van der Waals surface area contributed by atoms with Crippen LogP contribution in [-0.2, 0) is 11.3 Å². The fraction of sp³-hybridized carbons (Fsp3) is 0.667. The lowest BCUT2D eigenvalue weighted by Crippen LogP contribution is -2.57. The van der Waals surface area contributed by atoms with E-state index in [1.54, 1.807) is 6.20 Å². The van der Waals surface area contributed by atoms with Gasteiger partial charge in [0.25, 0.3) is 0 Å². The number of likely N-dealkylation sites (tertiary alicyclic amines) is 2. The third-order valence-corrected chi connectivity index (χ3v) is 6.46. The summed E-state index contributed by atoms with van der Waals surface area (Å²) in [6.45, 7) is 2.89. The molecule has 6 nitrogen and oxygen atoms in total. The Balaban J connectivity index is 1.40. The molecule has 1 saturated carbocycles. The highest BCUT2D eigenvalue weighted by atomic mass is 16.2. The van der Waals surface area contributed by atoms with Crippen LogP contribution in [0.3, 0.4) is 0 Å². The number of nitrogens with zero attached hydrogens (tertiary/aromatic N) is 3. The average molecular weight is 370 g/mol. The Morgan fingerprint density at radius 1 is 1.19 bits per heavy atom. The quantitative estimate of drug-likeness (QED) is 0.890. The van der Waals surface area contributed by atoms with Crippen molar-refractivity contribution in [3.63, 3.8) is 0 Å². The van der Waals surface area contributed by atoms with Gasteiger partial charge in [0.2, 0.25) is 5.91 Å². The van der Waals surface area contributed by atoms with Crippen molar-refractivity contribution >= 4 is 11.9 Å². The number of carbonyl (C=O) groups is 2. The van der Waals surface area contributed by atoms with Crippen molar-refractivity contribution < 1.29 is 9.59 Å². The minimum atomic E-state index is 0.0357. The van der Waals surface area contributed by atoms with E-state index in [1.165, 1.54) is 12.8 Å². The molecule has 27 heavy (non-hydrogen) atoms. The number of carbonyl (C=O) groups excluding carboxylic acids is 2. The van der Waals surface area contributed by atoms with Crippen molar-refractivity contribution in [3.05, 3.63) is 30.1 Å². The Bertz CT molecular complexity index is 674. The lowest BCUT2D eigenvalue weighted by Gasteiger charge is -2.48. The van der Waals surface area contributed by atoms with Crippen LogP contribution >= 0.6 is 0 Å². The summed E-state index contributed by atoms with van der Waals surface area (Å²) in [5, 5.41) is 3.23. The van der Waals surface area contributed by atoms with Gasteiger partial charge in [-0.25, -0.2) is 4.79 Å². The van der Waals surface area contributed by atoms with E-state index in [9.17, 15) is 9.59 Å². The second-order valence-corrected chi connectivity index (χ2v) is 8.53. The van der Waals surface area contributed by atoms with E-state index in [0.29, 0.717) is 19.0 Å². The monoisotopic (exact) mass is 370 g/mol. The molecule has 4 rings (SSSR count). The SMILES string of the molecule is O=C1CC[C@@]2(CCCN(C(=O)NC3CCCC3)C2)CN1Cc1ccccn1. The minimum Gasteiger partial charge on any atom is -0.336 e. The number of piperidine rings is 2. The molecule has 3 heterocycles. The zero-order chi connectivity index (χ0) is 18.7. The van der Waals surface area contributed by atoms with E-state index in [2.05, 4.69) is 10.3 Å². The number of rotatable bonds is 3. The second-order valence-electron chi connectivity index (χ2n) is 8.53. The van der Waals surface area contributed by atoms with Gasteiger partial charge in [-0.1, -0.05) is 18.9 Å². The first-order valence-electron chi connectivity index (χ1n) is 10.4. The number of urea groups is 1. The van der Waals surface area contributed by atoms with Crippen LogP contribution in [0.5, 0.6) is 0 Å². The molecule has 0 bridgehead atoms. The van der Waals surface area contributed by atoms with E-state index >= 15 is 0 Å². The normalized spacial score (nSPS) is 26.6. The number of nitrogens with one attached hydrogen (secondary N) is 1. The topological polar surface area (TPSA) is 65.5 Å². The summed E-state index contributed by atoms with van der Waals surface area (Å²) in [6, 6.07) is 6.27. The summed E-state index contributed by atoms with van der Waals surface area (Å²) in [5.74, 6) is 0.207. The molecular weight excluding hydrogens is 340 g/mol. The van der Waals surface area contributed by atoms with Gasteiger partial charge in [-0.2, -0.15) is 0 Å². The molecule has 0 radical (unpaired) electrons. The number of hydrogen-bond acceptors (Lipinski definition) is 3. The Labute approximate surface area is 161 Å². The fourth-order valence-corrected chi connectivity index (χ4v) is 4.98. The van der Waals surface area contributed by atoms with Crippen LogP contribution in [-0.4, -0.2) is 52.4 Å². The van der Waals surface area contributed by atoms with Crippen molar-refractivity contribution in [2.75, 3.05) is 19.6 Å². The highest BCUT2D eigenvalue weighted by molar-refractivity contribution is 5.77.